The zero-order valence-electron chi connectivity index (χ0n) is 11.3. The molecule has 0 aromatic carbocycles. The van der Waals surface area contributed by atoms with Gasteiger partial charge in [-0.25, -0.2) is 0 Å². The molecular formula is C14H18N2O2S. The van der Waals surface area contributed by atoms with Gasteiger partial charge in [0.25, 0.3) is 0 Å². The molecule has 1 aliphatic heterocycles. The highest BCUT2D eigenvalue weighted by atomic mass is 32.1. The average Bonchev–Trinajstić information content (AvgIpc) is 2.82. The highest BCUT2D eigenvalue weighted by Gasteiger charge is 2.14. The molecule has 19 heavy (non-hydrogen) atoms. The quantitative estimate of drug-likeness (QED) is 0.839. The molecule has 4 nitrogen and oxygen atoms in total. The molecule has 0 aliphatic carbocycles. The van der Waals surface area contributed by atoms with E-state index in [2.05, 4.69) is 15.5 Å². The van der Waals surface area contributed by atoms with Crippen LogP contribution in [0.15, 0.2) is 17.1 Å². The summed E-state index contributed by atoms with van der Waals surface area (Å²) in [6.07, 6.45) is 1.92. The highest BCUT2D eigenvalue weighted by Crippen LogP contribution is 2.24. The van der Waals surface area contributed by atoms with Crippen LogP contribution in [-0.2, 0) is 18.3 Å². The van der Waals surface area contributed by atoms with E-state index >= 15 is 0 Å². The third-order valence-electron chi connectivity index (χ3n) is 3.56. The standard InChI is InChI=1S/C14H18N2O2S/c1-10-8-15(2)14-12(13(10)17)7-11(19-14)9-16-3-5-18-6-4-16/h7-8H,3-6,9H2,1-2H3. The van der Waals surface area contributed by atoms with E-state index in [9.17, 15) is 4.79 Å². The molecule has 3 rings (SSSR count). The van der Waals surface area contributed by atoms with Gasteiger partial charge in [-0.3, -0.25) is 9.69 Å². The number of ether oxygens (including phenoxy) is 1. The fraction of sp³-hybridized carbons (Fsp3) is 0.500. The molecule has 5 heteroatoms. The number of hydrogen-bond donors (Lipinski definition) is 0. The fourth-order valence-electron chi connectivity index (χ4n) is 2.53. The van der Waals surface area contributed by atoms with E-state index in [0.717, 1.165) is 48.6 Å². The summed E-state index contributed by atoms with van der Waals surface area (Å²) in [6, 6.07) is 2.06. The van der Waals surface area contributed by atoms with E-state index in [4.69, 9.17) is 4.74 Å². The molecule has 1 fully saturated rings. The average molecular weight is 278 g/mol. The van der Waals surface area contributed by atoms with Crippen LogP contribution in [0.1, 0.15) is 10.4 Å². The summed E-state index contributed by atoms with van der Waals surface area (Å²) in [7, 11) is 2.00. The van der Waals surface area contributed by atoms with Crippen LogP contribution in [0.3, 0.4) is 0 Å². The van der Waals surface area contributed by atoms with Crippen molar-refractivity contribution in [2.45, 2.75) is 13.5 Å². The van der Waals surface area contributed by atoms with Crippen molar-refractivity contribution in [2.75, 3.05) is 26.3 Å². The minimum Gasteiger partial charge on any atom is -0.379 e. The minimum absolute atomic E-state index is 0.164. The molecule has 0 spiro atoms. The van der Waals surface area contributed by atoms with Crippen molar-refractivity contribution in [3.63, 3.8) is 0 Å². The predicted octanol–water partition coefficient (Wildman–Crippen LogP) is 1.74. The zero-order chi connectivity index (χ0) is 13.4. The minimum atomic E-state index is 0.164. The number of fused-ring (bicyclic) bond motifs is 1. The number of aromatic nitrogens is 1. The molecule has 0 N–H and O–H groups in total. The van der Waals surface area contributed by atoms with E-state index < -0.39 is 0 Å². The smallest absolute Gasteiger partial charge is 0.193 e. The van der Waals surface area contributed by atoms with Crippen LogP contribution in [0.2, 0.25) is 0 Å². The number of nitrogens with zero attached hydrogens (tertiary/aromatic N) is 2. The van der Waals surface area contributed by atoms with E-state index in [0.29, 0.717) is 0 Å². The summed E-state index contributed by atoms with van der Waals surface area (Å²) in [5.74, 6) is 0. The molecule has 1 aliphatic rings. The van der Waals surface area contributed by atoms with Crippen molar-refractivity contribution in [1.82, 2.24) is 9.47 Å². The molecule has 0 bridgehead atoms. The number of pyridine rings is 1. The monoisotopic (exact) mass is 278 g/mol. The second-order valence-electron chi connectivity index (χ2n) is 5.07. The van der Waals surface area contributed by atoms with Gasteiger partial charge in [-0.1, -0.05) is 0 Å². The van der Waals surface area contributed by atoms with Crippen molar-refractivity contribution in [1.29, 1.82) is 0 Å². The van der Waals surface area contributed by atoms with Gasteiger partial charge < -0.3 is 9.30 Å². The lowest BCUT2D eigenvalue weighted by atomic mass is 10.2. The molecule has 0 atom stereocenters. The number of aryl methyl sites for hydroxylation is 2. The maximum atomic E-state index is 12.1. The van der Waals surface area contributed by atoms with Crippen LogP contribution >= 0.6 is 11.3 Å². The molecule has 0 amide bonds. The summed E-state index contributed by atoms with van der Waals surface area (Å²) in [5, 5.41) is 0.857. The Labute approximate surface area is 116 Å². The third kappa shape index (κ3) is 2.45. The Hall–Kier alpha value is -1.17. The molecule has 3 heterocycles. The van der Waals surface area contributed by atoms with Crippen molar-refractivity contribution in [3.8, 4) is 0 Å². The molecular weight excluding hydrogens is 260 g/mol. The molecule has 2 aromatic rings. The lowest BCUT2D eigenvalue weighted by molar-refractivity contribution is 0.0346. The first-order chi connectivity index (χ1) is 9.15. The van der Waals surface area contributed by atoms with Crippen molar-refractivity contribution in [3.05, 3.63) is 32.9 Å². The van der Waals surface area contributed by atoms with Crippen LogP contribution in [0.25, 0.3) is 10.2 Å². The molecule has 0 saturated carbocycles. The van der Waals surface area contributed by atoms with E-state index in [-0.39, 0.29) is 5.43 Å². The summed E-state index contributed by atoms with van der Waals surface area (Å²) < 4.78 is 7.41. The Morgan fingerprint density at radius 1 is 1.37 bits per heavy atom. The van der Waals surface area contributed by atoms with Gasteiger partial charge in [0.2, 0.25) is 0 Å². The molecule has 0 unspecified atom stereocenters. The van der Waals surface area contributed by atoms with Crippen LogP contribution in [-0.4, -0.2) is 35.8 Å². The van der Waals surface area contributed by atoms with Gasteiger partial charge in [0.05, 0.1) is 18.6 Å². The lowest BCUT2D eigenvalue weighted by Gasteiger charge is -2.25. The Morgan fingerprint density at radius 2 is 2.11 bits per heavy atom. The Bertz CT molecular complexity index is 653. The molecule has 102 valence electrons. The van der Waals surface area contributed by atoms with Crippen molar-refractivity contribution >= 4 is 21.6 Å². The van der Waals surface area contributed by atoms with Crippen LogP contribution < -0.4 is 5.43 Å². The number of hydrogen-bond acceptors (Lipinski definition) is 4. The Balaban J connectivity index is 1.95. The molecule has 0 radical (unpaired) electrons. The summed E-state index contributed by atoms with van der Waals surface area (Å²) >= 11 is 1.72. The maximum Gasteiger partial charge on any atom is 0.193 e. The van der Waals surface area contributed by atoms with E-state index in [1.54, 1.807) is 11.3 Å². The van der Waals surface area contributed by atoms with Gasteiger partial charge in [-0.2, -0.15) is 0 Å². The summed E-state index contributed by atoms with van der Waals surface area (Å²) in [4.78, 5) is 16.9. The second-order valence-corrected chi connectivity index (χ2v) is 6.19. The van der Waals surface area contributed by atoms with Crippen molar-refractivity contribution in [2.24, 2.45) is 7.05 Å². The SMILES string of the molecule is Cc1cn(C)c2sc(CN3CCOCC3)cc2c1=O. The third-order valence-corrected chi connectivity index (χ3v) is 4.77. The van der Waals surface area contributed by atoms with Gasteiger partial charge in [0, 0.05) is 43.3 Å². The molecule has 1 saturated heterocycles. The first-order valence-electron chi connectivity index (χ1n) is 6.54. The number of thiophene rings is 1. The first-order valence-corrected chi connectivity index (χ1v) is 7.35. The normalized spacial score (nSPS) is 17.2. The predicted molar refractivity (Wildman–Crippen MR) is 77.9 cm³/mol. The van der Waals surface area contributed by atoms with Gasteiger partial charge >= 0.3 is 0 Å². The molecule has 2 aromatic heterocycles. The van der Waals surface area contributed by atoms with Crippen LogP contribution in [0, 0.1) is 6.92 Å². The van der Waals surface area contributed by atoms with Crippen LogP contribution in [0.4, 0.5) is 0 Å². The van der Waals surface area contributed by atoms with E-state index in [1.807, 2.05) is 20.2 Å². The summed E-state index contributed by atoms with van der Waals surface area (Å²) in [6.45, 7) is 6.37. The van der Waals surface area contributed by atoms with Crippen molar-refractivity contribution < 1.29 is 4.74 Å². The van der Waals surface area contributed by atoms with Gasteiger partial charge in [-0.05, 0) is 13.0 Å². The lowest BCUT2D eigenvalue weighted by Crippen LogP contribution is -2.35. The van der Waals surface area contributed by atoms with Gasteiger partial charge in [-0.15, -0.1) is 11.3 Å². The topological polar surface area (TPSA) is 34.5 Å². The maximum absolute atomic E-state index is 12.1. The highest BCUT2D eigenvalue weighted by molar-refractivity contribution is 7.18. The van der Waals surface area contributed by atoms with E-state index in [1.165, 1.54) is 4.88 Å². The second kappa shape index (κ2) is 5.07. The number of morpholine rings is 1. The zero-order valence-corrected chi connectivity index (χ0v) is 12.1. The summed E-state index contributed by atoms with van der Waals surface area (Å²) in [5.41, 5.74) is 0.975. The van der Waals surface area contributed by atoms with Gasteiger partial charge in [0.15, 0.2) is 5.43 Å². The van der Waals surface area contributed by atoms with Gasteiger partial charge in [0.1, 0.15) is 4.83 Å². The fourth-order valence-corrected chi connectivity index (χ4v) is 3.66. The Kier molecular flexibility index (Phi) is 3.43. The Morgan fingerprint density at radius 3 is 2.84 bits per heavy atom. The number of rotatable bonds is 2. The van der Waals surface area contributed by atoms with Crippen LogP contribution in [0.5, 0.6) is 0 Å². The largest absolute Gasteiger partial charge is 0.379 e. The first kappa shape index (κ1) is 12.8.